The lowest BCUT2D eigenvalue weighted by Gasteiger charge is -2.00. The van der Waals surface area contributed by atoms with Gasteiger partial charge in [0.25, 0.3) is 0 Å². The normalized spacial score (nSPS) is 9.50. The van der Waals surface area contributed by atoms with Gasteiger partial charge in [-0.05, 0) is 6.42 Å². The monoisotopic (exact) mass is 172 g/mol. The fraction of sp³-hybridized carbons (Fsp3) is 0.778. The van der Waals surface area contributed by atoms with Crippen LogP contribution in [0.25, 0.3) is 0 Å². The molecule has 0 aromatic rings. The van der Waals surface area contributed by atoms with Crippen molar-refractivity contribution >= 4 is 11.8 Å². The zero-order valence-corrected chi connectivity index (χ0v) is 7.76. The molecule has 0 radical (unpaired) electrons. The van der Waals surface area contributed by atoms with Crippen LogP contribution in [-0.2, 0) is 14.3 Å². The molecule has 0 aromatic carbocycles. The molecule has 3 heteroatoms. The molecule has 12 heavy (non-hydrogen) atoms. The highest BCUT2D eigenvalue weighted by Gasteiger charge is 2.07. The average Bonchev–Trinajstić information content (AvgIpc) is 2.03. The lowest BCUT2D eigenvalue weighted by molar-refractivity contribution is -0.153. The average molecular weight is 172 g/mol. The topological polar surface area (TPSA) is 43.4 Å². The second-order valence-electron chi connectivity index (χ2n) is 2.75. The summed E-state index contributed by atoms with van der Waals surface area (Å²) >= 11 is 0. The molecule has 70 valence electrons. The van der Waals surface area contributed by atoms with Gasteiger partial charge in [-0.25, -0.2) is 4.79 Å². The first kappa shape index (κ1) is 11.1. The first-order chi connectivity index (χ1) is 5.68. The Balaban J connectivity index is 3.20. The predicted molar refractivity (Wildman–Crippen MR) is 45.8 cm³/mol. The maximum Gasteiger partial charge on any atom is 0.374 e. The Labute approximate surface area is 73.1 Å². The largest absolute Gasteiger partial charge is 0.460 e. The van der Waals surface area contributed by atoms with Crippen LogP contribution in [0, 0.1) is 0 Å². The molecule has 0 aromatic heterocycles. The minimum absolute atomic E-state index is 0.373. The molecule has 0 unspecified atom stereocenters. The summed E-state index contributed by atoms with van der Waals surface area (Å²) in [6, 6.07) is 0. The molecular formula is C9H16O3. The van der Waals surface area contributed by atoms with Crippen LogP contribution in [0.5, 0.6) is 0 Å². The quantitative estimate of drug-likeness (QED) is 0.348. The molecule has 0 aliphatic rings. The van der Waals surface area contributed by atoms with Crippen molar-refractivity contribution in [1.29, 1.82) is 0 Å². The fourth-order valence-electron chi connectivity index (χ4n) is 0.795. The van der Waals surface area contributed by atoms with Crippen LogP contribution in [-0.4, -0.2) is 18.4 Å². The highest BCUT2D eigenvalue weighted by molar-refractivity contribution is 6.32. The first-order valence-corrected chi connectivity index (χ1v) is 4.36. The van der Waals surface area contributed by atoms with Crippen molar-refractivity contribution in [3.8, 4) is 0 Å². The van der Waals surface area contributed by atoms with Crippen LogP contribution < -0.4 is 0 Å². The molecule has 3 nitrogen and oxygen atoms in total. The number of ketones is 1. The SMILES string of the molecule is CCCCCCOC(=O)C(C)=O. The van der Waals surface area contributed by atoms with Gasteiger partial charge in [0.2, 0.25) is 5.78 Å². The number of esters is 1. The van der Waals surface area contributed by atoms with Crippen LogP contribution in [0.2, 0.25) is 0 Å². The standard InChI is InChI=1S/C9H16O3/c1-3-4-5-6-7-12-9(11)8(2)10/h3-7H2,1-2H3. The van der Waals surface area contributed by atoms with E-state index in [-0.39, 0.29) is 0 Å². The van der Waals surface area contributed by atoms with Crippen molar-refractivity contribution in [2.75, 3.05) is 6.61 Å². The zero-order valence-electron chi connectivity index (χ0n) is 7.76. The van der Waals surface area contributed by atoms with E-state index in [0.717, 1.165) is 25.7 Å². The van der Waals surface area contributed by atoms with Gasteiger partial charge in [0.05, 0.1) is 6.61 Å². The summed E-state index contributed by atoms with van der Waals surface area (Å²) in [5.41, 5.74) is 0. The Bertz CT molecular complexity index is 152. The lowest BCUT2D eigenvalue weighted by atomic mass is 10.2. The van der Waals surface area contributed by atoms with Crippen molar-refractivity contribution in [3.05, 3.63) is 0 Å². The number of carbonyl (C=O) groups is 2. The van der Waals surface area contributed by atoms with Crippen LogP contribution in [0.3, 0.4) is 0 Å². The Morgan fingerprint density at radius 3 is 2.33 bits per heavy atom. The van der Waals surface area contributed by atoms with E-state index in [9.17, 15) is 9.59 Å². The molecule has 0 saturated heterocycles. The second kappa shape index (κ2) is 6.83. The molecular weight excluding hydrogens is 156 g/mol. The van der Waals surface area contributed by atoms with Crippen molar-refractivity contribution in [2.24, 2.45) is 0 Å². The summed E-state index contributed by atoms with van der Waals surface area (Å²) in [6.45, 7) is 3.70. The summed E-state index contributed by atoms with van der Waals surface area (Å²) < 4.78 is 4.66. The van der Waals surface area contributed by atoms with Crippen molar-refractivity contribution in [3.63, 3.8) is 0 Å². The predicted octanol–water partition coefficient (Wildman–Crippen LogP) is 1.70. The van der Waals surface area contributed by atoms with Crippen LogP contribution in [0.1, 0.15) is 39.5 Å². The van der Waals surface area contributed by atoms with Crippen LogP contribution >= 0.6 is 0 Å². The molecule has 0 spiro atoms. The van der Waals surface area contributed by atoms with E-state index < -0.39 is 11.8 Å². The van der Waals surface area contributed by atoms with Gasteiger partial charge in [0.1, 0.15) is 0 Å². The van der Waals surface area contributed by atoms with Crippen molar-refractivity contribution < 1.29 is 14.3 Å². The van der Waals surface area contributed by atoms with Gasteiger partial charge in [-0.1, -0.05) is 26.2 Å². The smallest absolute Gasteiger partial charge is 0.374 e. The molecule has 0 aliphatic carbocycles. The molecule has 0 saturated carbocycles. The maximum absolute atomic E-state index is 10.6. The summed E-state index contributed by atoms with van der Waals surface area (Å²) in [7, 11) is 0. The molecule has 0 atom stereocenters. The Hall–Kier alpha value is -0.860. The van der Waals surface area contributed by atoms with E-state index in [2.05, 4.69) is 11.7 Å². The molecule has 0 bridgehead atoms. The van der Waals surface area contributed by atoms with Gasteiger partial charge in [-0.3, -0.25) is 4.79 Å². The van der Waals surface area contributed by atoms with Crippen molar-refractivity contribution in [2.45, 2.75) is 39.5 Å². The number of hydrogen-bond acceptors (Lipinski definition) is 3. The van der Waals surface area contributed by atoms with Gasteiger partial charge in [0.15, 0.2) is 0 Å². The molecule has 0 heterocycles. The first-order valence-electron chi connectivity index (χ1n) is 4.36. The van der Waals surface area contributed by atoms with E-state index in [1.54, 1.807) is 0 Å². The van der Waals surface area contributed by atoms with Gasteiger partial charge in [0, 0.05) is 6.92 Å². The molecule has 0 N–H and O–H groups in total. The number of unbranched alkanes of at least 4 members (excludes halogenated alkanes) is 3. The van der Waals surface area contributed by atoms with Crippen LogP contribution in [0.4, 0.5) is 0 Å². The highest BCUT2D eigenvalue weighted by atomic mass is 16.5. The minimum atomic E-state index is -0.716. The zero-order chi connectivity index (χ0) is 9.40. The third-order valence-corrected chi connectivity index (χ3v) is 1.52. The summed E-state index contributed by atoms with van der Waals surface area (Å²) in [4.78, 5) is 21.0. The Kier molecular flexibility index (Phi) is 6.34. The summed E-state index contributed by atoms with van der Waals surface area (Å²) in [5.74, 6) is -1.24. The molecule has 0 rings (SSSR count). The number of carbonyl (C=O) groups excluding carboxylic acids is 2. The Morgan fingerprint density at radius 1 is 1.17 bits per heavy atom. The molecule has 0 amide bonds. The molecule has 0 fully saturated rings. The highest BCUT2D eigenvalue weighted by Crippen LogP contribution is 1.98. The molecule has 0 aliphatic heterocycles. The van der Waals surface area contributed by atoms with Gasteiger partial charge >= 0.3 is 5.97 Å². The van der Waals surface area contributed by atoms with E-state index >= 15 is 0 Å². The van der Waals surface area contributed by atoms with Crippen LogP contribution in [0.15, 0.2) is 0 Å². The maximum atomic E-state index is 10.6. The third-order valence-electron chi connectivity index (χ3n) is 1.52. The van der Waals surface area contributed by atoms with Gasteiger partial charge in [-0.2, -0.15) is 0 Å². The number of ether oxygens (including phenoxy) is 1. The number of rotatable bonds is 6. The van der Waals surface area contributed by atoms with E-state index in [1.165, 1.54) is 6.92 Å². The van der Waals surface area contributed by atoms with E-state index in [4.69, 9.17) is 0 Å². The number of Topliss-reactive ketones (excluding diaryl/α,β-unsaturated/α-hetero) is 1. The van der Waals surface area contributed by atoms with E-state index in [0.29, 0.717) is 6.61 Å². The lowest BCUT2D eigenvalue weighted by Crippen LogP contribution is -2.14. The summed E-state index contributed by atoms with van der Waals surface area (Å²) in [5, 5.41) is 0. The minimum Gasteiger partial charge on any atom is -0.460 e. The summed E-state index contributed by atoms with van der Waals surface area (Å²) in [6.07, 6.45) is 4.22. The van der Waals surface area contributed by atoms with Gasteiger partial charge in [-0.15, -0.1) is 0 Å². The fourth-order valence-corrected chi connectivity index (χ4v) is 0.795. The van der Waals surface area contributed by atoms with Gasteiger partial charge < -0.3 is 4.74 Å². The third kappa shape index (κ3) is 5.89. The van der Waals surface area contributed by atoms with Crippen molar-refractivity contribution in [1.82, 2.24) is 0 Å². The second-order valence-corrected chi connectivity index (χ2v) is 2.75. The number of hydrogen-bond donors (Lipinski definition) is 0. The Morgan fingerprint density at radius 2 is 1.83 bits per heavy atom. The van der Waals surface area contributed by atoms with E-state index in [1.807, 2.05) is 0 Å².